The molecule has 8 nitrogen and oxygen atoms in total. The minimum absolute atomic E-state index is 0. The van der Waals surface area contributed by atoms with E-state index in [-0.39, 0.29) is 69.9 Å². The molecule has 12 heteroatoms. The molecule has 0 aliphatic rings. The third-order valence-electron chi connectivity index (χ3n) is 2.58. The molecule has 0 aliphatic carbocycles. The molecule has 0 radical (unpaired) electrons. The maximum atomic E-state index is 10.9. The van der Waals surface area contributed by atoms with Gasteiger partial charge in [-0.15, -0.1) is 0 Å². The first kappa shape index (κ1) is 22.1. The normalized spacial score (nSPS) is 11.5. The molecular formula is C10H6Na2O8S2. The fourth-order valence-corrected chi connectivity index (χ4v) is 2.79. The van der Waals surface area contributed by atoms with Crippen LogP contribution < -0.4 is 59.1 Å². The van der Waals surface area contributed by atoms with E-state index in [0.29, 0.717) is 6.07 Å². The predicted molar refractivity (Wildman–Crippen MR) is 63.2 cm³/mol. The Morgan fingerprint density at radius 3 is 1.82 bits per heavy atom. The van der Waals surface area contributed by atoms with Gasteiger partial charge in [0, 0.05) is 5.39 Å². The Balaban J connectivity index is 0.00000220. The Bertz CT molecular complexity index is 922. The van der Waals surface area contributed by atoms with Gasteiger partial charge in [-0.2, -0.15) is 0 Å². The second-order valence-electron chi connectivity index (χ2n) is 3.86. The van der Waals surface area contributed by atoms with Crippen LogP contribution in [-0.2, 0) is 20.2 Å². The van der Waals surface area contributed by atoms with Crippen molar-refractivity contribution < 1.29 is 95.3 Å². The minimum atomic E-state index is -5.08. The summed E-state index contributed by atoms with van der Waals surface area (Å²) in [6.07, 6.45) is 0. The van der Waals surface area contributed by atoms with E-state index in [1.807, 2.05) is 0 Å². The van der Waals surface area contributed by atoms with Gasteiger partial charge in [-0.1, -0.05) is 0 Å². The quantitative estimate of drug-likeness (QED) is 0.303. The third kappa shape index (κ3) is 4.35. The molecule has 0 saturated carbocycles. The van der Waals surface area contributed by atoms with E-state index >= 15 is 0 Å². The molecule has 0 unspecified atom stereocenters. The molecular weight excluding hydrogens is 358 g/mol. The fraction of sp³-hybridized carbons (Fsp3) is 0. The van der Waals surface area contributed by atoms with Crippen LogP contribution in [0.3, 0.4) is 0 Å². The zero-order valence-electron chi connectivity index (χ0n) is 11.5. The number of hydrogen-bond donors (Lipinski definition) is 2. The second-order valence-corrected chi connectivity index (χ2v) is 6.59. The van der Waals surface area contributed by atoms with Crippen molar-refractivity contribution in [2.75, 3.05) is 0 Å². The van der Waals surface area contributed by atoms with Gasteiger partial charge in [-0.25, -0.2) is 16.8 Å². The Morgan fingerprint density at radius 2 is 1.36 bits per heavy atom. The summed E-state index contributed by atoms with van der Waals surface area (Å²) < 4.78 is 65.4. The summed E-state index contributed by atoms with van der Waals surface area (Å²) in [5, 5.41) is 18.8. The Hall–Kier alpha value is 0.120. The molecule has 0 amide bonds. The van der Waals surface area contributed by atoms with E-state index in [1.54, 1.807) is 0 Å². The summed E-state index contributed by atoms with van der Waals surface area (Å²) in [4.78, 5) is -1.77. The molecule has 0 aliphatic heterocycles. The smallest absolute Gasteiger partial charge is 0.744 e. The van der Waals surface area contributed by atoms with E-state index < -0.39 is 41.5 Å². The molecule has 0 atom stereocenters. The molecule has 0 fully saturated rings. The number of phenolic OH excluding ortho intramolecular Hbond substituents is 2. The number of aromatic hydroxyl groups is 2. The summed E-state index contributed by atoms with van der Waals surface area (Å²) in [6.45, 7) is 0. The van der Waals surface area contributed by atoms with Gasteiger partial charge in [0.1, 0.15) is 25.1 Å². The van der Waals surface area contributed by atoms with E-state index in [9.17, 15) is 36.2 Å². The minimum Gasteiger partial charge on any atom is -0.744 e. The van der Waals surface area contributed by atoms with Gasteiger partial charge in [-0.3, -0.25) is 0 Å². The van der Waals surface area contributed by atoms with Crippen LogP contribution in [0, 0.1) is 0 Å². The van der Waals surface area contributed by atoms with Gasteiger partial charge in [0.15, 0.2) is 11.5 Å². The van der Waals surface area contributed by atoms with Crippen LogP contribution in [0.4, 0.5) is 0 Å². The topological polar surface area (TPSA) is 155 Å². The van der Waals surface area contributed by atoms with Gasteiger partial charge in [0.2, 0.25) is 0 Å². The molecule has 0 spiro atoms. The molecule has 2 aromatic rings. The van der Waals surface area contributed by atoms with Crippen molar-refractivity contribution in [3.8, 4) is 11.5 Å². The van der Waals surface area contributed by atoms with Crippen LogP contribution in [0.25, 0.3) is 10.8 Å². The Kier molecular flexibility index (Phi) is 7.38. The number of rotatable bonds is 2. The van der Waals surface area contributed by atoms with Gasteiger partial charge in [0.05, 0.1) is 4.90 Å². The molecule has 0 saturated heterocycles. The molecule has 0 bridgehead atoms. The summed E-state index contributed by atoms with van der Waals surface area (Å²) in [7, 11) is -9.87. The number of phenols is 2. The monoisotopic (exact) mass is 364 g/mol. The second kappa shape index (κ2) is 7.34. The van der Waals surface area contributed by atoms with Crippen LogP contribution in [0.1, 0.15) is 0 Å². The van der Waals surface area contributed by atoms with Gasteiger partial charge in [0.25, 0.3) is 0 Å². The van der Waals surface area contributed by atoms with Crippen molar-refractivity contribution in [1.29, 1.82) is 0 Å². The van der Waals surface area contributed by atoms with Crippen molar-refractivity contribution >= 4 is 31.0 Å². The Labute approximate surface area is 170 Å². The zero-order chi connectivity index (χ0) is 15.3. The summed E-state index contributed by atoms with van der Waals surface area (Å²) >= 11 is 0. The van der Waals surface area contributed by atoms with Crippen molar-refractivity contribution in [1.82, 2.24) is 0 Å². The largest absolute Gasteiger partial charge is 1.00 e. The first-order valence-corrected chi connectivity index (χ1v) is 7.74. The molecule has 108 valence electrons. The van der Waals surface area contributed by atoms with Crippen molar-refractivity contribution in [3.63, 3.8) is 0 Å². The maximum Gasteiger partial charge on any atom is 1.00 e. The van der Waals surface area contributed by atoms with Crippen LogP contribution in [-0.4, -0.2) is 36.2 Å². The first-order chi connectivity index (χ1) is 9.01. The van der Waals surface area contributed by atoms with Gasteiger partial charge >= 0.3 is 59.1 Å². The van der Waals surface area contributed by atoms with Crippen LogP contribution >= 0.6 is 0 Å². The molecule has 2 N–H and O–H groups in total. The molecule has 0 heterocycles. The summed E-state index contributed by atoms with van der Waals surface area (Å²) in [5.41, 5.74) is 0. The standard InChI is InChI=1S/C10H8O8S2.2Na/c11-9-7-2-1-6(19(13,14)15)3-5(7)4-8(10(9)12)20(16,17)18;;/h1-4,11-12H,(H,13,14,15)(H,16,17,18);;/q;2*+1/p-2. The van der Waals surface area contributed by atoms with Crippen LogP contribution in [0.2, 0.25) is 0 Å². The van der Waals surface area contributed by atoms with E-state index in [2.05, 4.69) is 0 Å². The number of fused-ring (bicyclic) bond motifs is 1. The molecule has 0 aromatic heterocycles. The van der Waals surface area contributed by atoms with E-state index in [1.165, 1.54) is 0 Å². The van der Waals surface area contributed by atoms with E-state index in [0.717, 1.165) is 18.2 Å². The predicted octanol–water partition coefficient (Wildman–Crippen LogP) is -5.93. The fourth-order valence-electron chi connectivity index (χ4n) is 1.68. The Morgan fingerprint density at radius 1 is 0.818 bits per heavy atom. The van der Waals surface area contributed by atoms with Crippen molar-refractivity contribution in [2.24, 2.45) is 0 Å². The first-order valence-electron chi connectivity index (χ1n) is 4.92. The number of hydrogen-bond acceptors (Lipinski definition) is 8. The van der Waals surface area contributed by atoms with E-state index in [4.69, 9.17) is 0 Å². The van der Waals surface area contributed by atoms with Gasteiger partial charge < -0.3 is 19.3 Å². The average molecular weight is 364 g/mol. The van der Waals surface area contributed by atoms with Crippen LogP contribution in [0.5, 0.6) is 11.5 Å². The summed E-state index contributed by atoms with van der Waals surface area (Å²) in [6, 6.07) is 3.37. The van der Waals surface area contributed by atoms with Crippen LogP contribution in [0.15, 0.2) is 34.1 Å². The van der Waals surface area contributed by atoms with Gasteiger partial charge in [-0.05, 0) is 29.7 Å². The average Bonchev–Trinajstić information content (AvgIpc) is 2.30. The molecule has 2 aromatic carbocycles. The maximum absolute atomic E-state index is 10.9. The SMILES string of the molecule is O=S(=O)([O-])c1ccc2c(O)c(O)c(S(=O)(=O)[O-])cc2c1.[Na+].[Na+]. The van der Waals surface area contributed by atoms with Crippen molar-refractivity contribution in [3.05, 3.63) is 24.3 Å². The zero-order valence-corrected chi connectivity index (χ0v) is 17.1. The third-order valence-corrected chi connectivity index (χ3v) is 4.26. The number of benzene rings is 2. The molecule has 2 rings (SSSR count). The van der Waals surface area contributed by atoms with Crippen molar-refractivity contribution in [2.45, 2.75) is 9.79 Å². The summed E-state index contributed by atoms with van der Waals surface area (Å²) in [5.74, 6) is -2.03. The molecule has 22 heavy (non-hydrogen) atoms.